The summed E-state index contributed by atoms with van der Waals surface area (Å²) >= 11 is 0. The molecule has 0 aromatic rings. The van der Waals surface area contributed by atoms with Crippen molar-refractivity contribution in [3.63, 3.8) is 0 Å². The molecule has 14 heavy (non-hydrogen) atoms. The van der Waals surface area contributed by atoms with Crippen molar-refractivity contribution in [1.29, 1.82) is 0 Å². The van der Waals surface area contributed by atoms with Gasteiger partial charge in [-0.2, -0.15) is 0 Å². The van der Waals surface area contributed by atoms with E-state index in [-0.39, 0.29) is 0 Å². The first-order valence-electron chi connectivity index (χ1n) is 6.12. The van der Waals surface area contributed by atoms with Gasteiger partial charge in [0.15, 0.2) is 0 Å². The molecule has 0 aromatic heterocycles. The van der Waals surface area contributed by atoms with Gasteiger partial charge < -0.3 is 10.6 Å². The molecule has 3 saturated carbocycles. The van der Waals surface area contributed by atoms with E-state index in [0.29, 0.717) is 6.04 Å². The molecule has 3 fully saturated rings. The molecule has 0 radical (unpaired) electrons. The maximum absolute atomic E-state index is 5.86. The number of fused-ring (bicyclic) bond motifs is 3. The third-order valence-electron chi connectivity index (χ3n) is 4.15. The van der Waals surface area contributed by atoms with Crippen molar-refractivity contribution in [1.82, 2.24) is 4.90 Å². The van der Waals surface area contributed by atoms with E-state index in [9.17, 15) is 0 Å². The summed E-state index contributed by atoms with van der Waals surface area (Å²) in [6.45, 7) is 3.17. The second kappa shape index (κ2) is 4.19. The fourth-order valence-corrected chi connectivity index (χ4v) is 3.47. The van der Waals surface area contributed by atoms with Crippen LogP contribution in [0, 0.1) is 11.8 Å². The van der Waals surface area contributed by atoms with Crippen molar-refractivity contribution in [2.75, 3.05) is 13.6 Å². The third-order valence-corrected chi connectivity index (χ3v) is 4.15. The van der Waals surface area contributed by atoms with Crippen LogP contribution in [0.3, 0.4) is 0 Å². The van der Waals surface area contributed by atoms with E-state index >= 15 is 0 Å². The van der Waals surface area contributed by atoms with Gasteiger partial charge in [-0.3, -0.25) is 0 Å². The highest BCUT2D eigenvalue weighted by atomic mass is 15.1. The molecule has 0 spiro atoms. The zero-order chi connectivity index (χ0) is 10.1. The molecule has 3 rings (SSSR count). The Hall–Kier alpha value is -0.0800. The summed E-state index contributed by atoms with van der Waals surface area (Å²) in [5.74, 6) is 2.00. The lowest BCUT2D eigenvalue weighted by atomic mass is 9.67. The van der Waals surface area contributed by atoms with Crippen LogP contribution < -0.4 is 5.73 Å². The normalized spacial score (nSPS) is 39.0. The molecule has 2 nitrogen and oxygen atoms in total. The highest BCUT2D eigenvalue weighted by molar-refractivity contribution is 4.91. The molecule has 3 aliphatic carbocycles. The Morgan fingerprint density at radius 2 is 1.93 bits per heavy atom. The largest absolute Gasteiger partial charge is 0.327 e. The summed E-state index contributed by atoms with van der Waals surface area (Å²) in [7, 11) is 2.26. The average Bonchev–Trinajstić information content (AvgIpc) is 2.18. The van der Waals surface area contributed by atoms with Gasteiger partial charge in [0.2, 0.25) is 0 Å². The van der Waals surface area contributed by atoms with Crippen molar-refractivity contribution in [2.45, 2.75) is 51.1 Å². The molecular formula is C12H24N2. The Balaban J connectivity index is 1.91. The maximum atomic E-state index is 5.86. The molecule has 2 N–H and O–H groups in total. The van der Waals surface area contributed by atoms with Gasteiger partial charge >= 0.3 is 0 Å². The van der Waals surface area contributed by atoms with E-state index < -0.39 is 0 Å². The lowest BCUT2D eigenvalue weighted by Gasteiger charge is -2.46. The summed E-state index contributed by atoms with van der Waals surface area (Å²) in [6.07, 6.45) is 7.37. The number of nitrogens with two attached hydrogens (primary N) is 1. The van der Waals surface area contributed by atoms with Gasteiger partial charge in [-0.05, 0) is 45.1 Å². The van der Waals surface area contributed by atoms with Crippen LogP contribution in [0.5, 0.6) is 0 Å². The number of rotatable bonds is 3. The van der Waals surface area contributed by atoms with Crippen molar-refractivity contribution in [3.05, 3.63) is 0 Å². The molecule has 0 amide bonds. The Morgan fingerprint density at radius 3 is 2.36 bits per heavy atom. The van der Waals surface area contributed by atoms with Crippen molar-refractivity contribution >= 4 is 0 Å². The van der Waals surface area contributed by atoms with Crippen LogP contribution in [0.4, 0.5) is 0 Å². The van der Waals surface area contributed by atoms with Gasteiger partial charge in [0, 0.05) is 18.6 Å². The molecule has 2 atom stereocenters. The van der Waals surface area contributed by atoms with Gasteiger partial charge in [0.25, 0.3) is 0 Å². The van der Waals surface area contributed by atoms with Gasteiger partial charge in [-0.15, -0.1) is 0 Å². The molecule has 3 aliphatic rings. The van der Waals surface area contributed by atoms with Gasteiger partial charge in [-0.1, -0.05) is 12.8 Å². The van der Waals surface area contributed by atoms with E-state index in [1.165, 1.54) is 32.1 Å². The van der Waals surface area contributed by atoms with Crippen LogP contribution in [0.2, 0.25) is 0 Å². The van der Waals surface area contributed by atoms with Crippen LogP contribution in [-0.2, 0) is 0 Å². The van der Waals surface area contributed by atoms with E-state index in [1.54, 1.807) is 0 Å². The molecule has 0 saturated heterocycles. The summed E-state index contributed by atoms with van der Waals surface area (Å²) in [5, 5.41) is 0. The minimum absolute atomic E-state index is 0.320. The van der Waals surface area contributed by atoms with E-state index in [2.05, 4.69) is 18.9 Å². The Morgan fingerprint density at radius 1 is 1.29 bits per heavy atom. The fraction of sp³-hybridized carbons (Fsp3) is 1.00. The van der Waals surface area contributed by atoms with Crippen molar-refractivity contribution < 1.29 is 0 Å². The zero-order valence-corrected chi connectivity index (χ0v) is 9.58. The molecule has 2 heteroatoms. The number of hydrogen-bond donors (Lipinski definition) is 1. The van der Waals surface area contributed by atoms with Crippen LogP contribution in [0.15, 0.2) is 0 Å². The monoisotopic (exact) mass is 196 g/mol. The zero-order valence-electron chi connectivity index (χ0n) is 9.58. The topological polar surface area (TPSA) is 29.3 Å². The second-order valence-electron chi connectivity index (χ2n) is 5.50. The molecule has 2 unspecified atom stereocenters. The minimum Gasteiger partial charge on any atom is -0.327 e. The summed E-state index contributed by atoms with van der Waals surface area (Å²) in [5.41, 5.74) is 5.86. The van der Waals surface area contributed by atoms with Gasteiger partial charge in [-0.25, -0.2) is 0 Å². The Labute approximate surface area is 87.8 Å². The Bertz CT molecular complexity index is 183. The molecule has 0 heterocycles. The van der Waals surface area contributed by atoms with E-state index in [0.717, 1.165) is 24.4 Å². The van der Waals surface area contributed by atoms with Gasteiger partial charge in [0.1, 0.15) is 0 Å². The van der Waals surface area contributed by atoms with Crippen molar-refractivity contribution in [2.24, 2.45) is 17.6 Å². The first-order chi connectivity index (χ1) is 6.66. The maximum Gasteiger partial charge on any atom is 0.0139 e. The fourth-order valence-electron chi connectivity index (χ4n) is 3.47. The predicted molar refractivity (Wildman–Crippen MR) is 60.1 cm³/mol. The lowest BCUT2D eigenvalue weighted by molar-refractivity contribution is 0.0470. The SMILES string of the molecule is CC(N)CN(C)C1CC2CCC1CC2. The summed E-state index contributed by atoms with van der Waals surface area (Å²) in [4.78, 5) is 2.51. The molecular weight excluding hydrogens is 172 g/mol. The first kappa shape index (κ1) is 10.4. The Kier molecular flexibility index (Phi) is 3.13. The summed E-state index contributed by atoms with van der Waals surface area (Å²) < 4.78 is 0. The quantitative estimate of drug-likeness (QED) is 0.746. The number of hydrogen-bond acceptors (Lipinski definition) is 2. The predicted octanol–water partition coefficient (Wildman–Crippen LogP) is 1.84. The highest BCUT2D eigenvalue weighted by Crippen LogP contribution is 2.42. The lowest BCUT2D eigenvalue weighted by Crippen LogP contribution is -2.48. The standard InChI is InChI=1S/C12H24N2/c1-9(13)8-14(2)12-7-10-3-5-11(12)6-4-10/h9-12H,3-8,13H2,1-2H3. The van der Waals surface area contributed by atoms with Crippen LogP contribution in [-0.4, -0.2) is 30.6 Å². The van der Waals surface area contributed by atoms with E-state index in [1.807, 2.05) is 0 Å². The minimum atomic E-state index is 0.320. The average molecular weight is 196 g/mol. The van der Waals surface area contributed by atoms with Crippen LogP contribution in [0.25, 0.3) is 0 Å². The molecule has 0 aliphatic heterocycles. The summed E-state index contributed by atoms with van der Waals surface area (Å²) in [6, 6.07) is 1.16. The highest BCUT2D eigenvalue weighted by Gasteiger charge is 2.37. The third kappa shape index (κ3) is 2.12. The van der Waals surface area contributed by atoms with Crippen LogP contribution >= 0.6 is 0 Å². The molecule has 82 valence electrons. The number of likely N-dealkylation sites (N-methyl/N-ethyl adjacent to an activating group) is 1. The molecule has 0 aromatic carbocycles. The smallest absolute Gasteiger partial charge is 0.0139 e. The molecule has 2 bridgehead atoms. The van der Waals surface area contributed by atoms with Crippen LogP contribution in [0.1, 0.15) is 39.0 Å². The first-order valence-corrected chi connectivity index (χ1v) is 6.12. The number of nitrogens with zero attached hydrogens (tertiary/aromatic N) is 1. The second-order valence-corrected chi connectivity index (χ2v) is 5.50. The van der Waals surface area contributed by atoms with Gasteiger partial charge in [0.05, 0.1) is 0 Å². The van der Waals surface area contributed by atoms with Crippen molar-refractivity contribution in [3.8, 4) is 0 Å². The van der Waals surface area contributed by atoms with E-state index in [4.69, 9.17) is 5.73 Å².